The van der Waals surface area contributed by atoms with E-state index < -0.39 is 0 Å². The molecular weight excluding hydrogens is 679 g/mol. The van der Waals surface area contributed by atoms with E-state index in [1.165, 1.54) is 0 Å². The highest BCUT2D eigenvalue weighted by atomic mass is 16.6. The molecule has 4 fully saturated rings. The van der Waals surface area contributed by atoms with Gasteiger partial charge in [-0.1, -0.05) is 0 Å². The first-order valence-electron chi connectivity index (χ1n) is 20.0. The van der Waals surface area contributed by atoms with Crippen molar-refractivity contribution in [3.05, 3.63) is 0 Å². The predicted octanol–water partition coefficient (Wildman–Crippen LogP) is -19.3. The molecule has 0 aromatic rings. The molecule has 4 heterocycles. The smallest absolute Gasteiger partial charge is 0.465 e. The largest absolute Gasteiger partial charge is 0.646 e. The Hall–Kier alpha value is -0.281. The fourth-order valence-corrected chi connectivity index (χ4v) is 5.53. The topological polar surface area (TPSA) is 244 Å². The Morgan fingerprint density at radius 1 is 0.288 bits per heavy atom. The van der Waals surface area contributed by atoms with Crippen LogP contribution >= 0.6 is 0 Å². The summed E-state index contributed by atoms with van der Waals surface area (Å²) >= 11 is 0. The van der Waals surface area contributed by atoms with Gasteiger partial charge in [0, 0.05) is 0 Å². The predicted molar refractivity (Wildman–Crippen MR) is 214 cm³/mol. The van der Waals surface area contributed by atoms with Gasteiger partial charge in [0.2, 0.25) is 0 Å². The molecule has 0 radical (unpaired) electrons. The Morgan fingerprint density at radius 2 is 0.423 bits per heavy atom. The lowest BCUT2D eigenvalue weighted by molar-refractivity contribution is -0.706. The number of nitrogens with two attached hydrogens (primary N) is 8. The Morgan fingerprint density at radius 3 is 0.519 bits per heavy atom. The fraction of sp³-hybridized carbons (Fsp3) is 1.00. The molecule has 28 heteroatoms. The summed E-state index contributed by atoms with van der Waals surface area (Å²) in [7, 11) is 3.07. The molecule has 4 rings (SSSR count). The van der Waals surface area contributed by atoms with Gasteiger partial charge in [-0.15, -0.1) is 0 Å². The van der Waals surface area contributed by atoms with E-state index in [1.54, 1.807) is 0 Å². The summed E-state index contributed by atoms with van der Waals surface area (Å²) in [6, 6.07) is 0. The van der Waals surface area contributed by atoms with Crippen molar-refractivity contribution >= 4 is 60.4 Å². The van der Waals surface area contributed by atoms with Crippen LogP contribution in [0.4, 0.5) is 0 Å². The van der Waals surface area contributed by atoms with Gasteiger partial charge in [0.05, 0.1) is 159 Å². The Bertz CT molecular complexity index is 501. The van der Waals surface area contributed by atoms with Crippen molar-refractivity contribution in [3.8, 4) is 0 Å². The van der Waals surface area contributed by atoms with E-state index in [4.69, 9.17) is 56.8 Å². The monoisotopic (exact) mass is 761 g/mol. The van der Waals surface area contributed by atoms with Gasteiger partial charge >= 0.3 is 44.4 Å². The van der Waals surface area contributed by atoms with Crippen molar-refractivity contribution < 1.29 is 98.0 Å². The summed E-state index contributed by atoms with van der Waals surface area (Å²) in [6.07, 6.45) is 0. The zero-order valence-corrected chi connectivity index (χ0v) is 31.9. The van der Waals surface area contributed by atoms with Crippen molar-refractivity contribution in [2.24, 2.45) is 0 Å². The molecule has 0 atom stereocenters. The number of quaternary nitrogens is 8. The summed E-state index contributed by atoms with van der Waals surface area (Å²) < 4.78 is 63.9. The summed E-state index contributed by atoms with van der Waals surface area (Å²) in [5, 5.41) is 20.9. The van der Waals surface area contributed by atoms with Gasteiger partial charge in [-0.25, -0.2) is 0 Å². The number of hydrogen-bond donors (Lipinski definition) is 8. The first kappa shape index (κ1) is 49.7. The zero-order valence-electron chi connectivity index (χ0n) is 31.9. The first-order chi connectivity index (χ1) is 25.9. The van der Waals surface area contributed by atoms with Gasteiger partial charge in [-0.2, -0.15) is 0 Å². The number of rotatable bonds is 2. The maximum absolute atomic E-state index is 5.33. The second-order valence-electron chi connectivity index (χ2n) is 12.9. The molecule has 16 N–H and O–H groups in total. The number of ether oxygens (including phenoxy) is 12. The Balaban J connectivity index is 0.000000370. The van der Waals surface area contributed by atoms with Crippen molar-refractivity contribution in [1.82, 2.24) is 0 Å². The van der Waals surface area contributed by atoms with Crippen molar-refractivity contribution in [2.45, 2.75) is 0 Å². The van der Waals surface area contributed by atoms with Crippen molar-refractivity contribution in [2.75, 3.05) is 159 Å². The van der Waals surface area contributed by atoms with E-state index in [9.17, 15) is 0 Å². The first-order valence-corrected chi connectivity index (χ1v) is 20.0. The molecule has 0 aromatic heterocycles. The minimum atomic E-state index is 0.188. The number of hydrogen-bond acceptors (Lipinski definition) is 12. The third-order valence-corrected chi connectivity index (χ3v) is 8.63. The van der Waals surface area contributed by atoms with Crippen LogP contribution in [0.3, 0.4) is 0 Å². The molecule has 0 bridgehead atoms. The van der Waals surface area contributed by atoms with Gasteiger partial charge in [-0.3, -0.25) is 0 Å². The molecule has 0 unspecified atom stereocenters. The van der Waals surface area contributed by atoms with Crippen LogP contribution in [-0.4, -0.2) is 219 Å². The summed E-state index contributed by atoms with van der Waals surface area (Å²) in [5.74, 6) is 0. The average molecular weight is 759 g/mol. The van der Waals surface area contributed by atoms with Gasteiger partial charge < -0.3 is 98.0 Å². The van der Waals surface area contributed by atoms with E-state index in [-0.39, 0.29) is 14.2 Å². The molecule has 312 valence electrons. The third kappa shape index (κ3) is 38.0. The maximum atomic E-state index is 5.33. The van der Waals surface area contributed by atoms with Crippen LogP contribution in [-0.2, 0) is 56.8 Å². The fourth-order valence-electron chi connectivity index (χ4n) is 5.53. The van der Waals surface area contributed by atoms with Crippen LogP contribution in [0.1, 0.15) is 0 Å². The zero-order chi connectivity index (χ0) is 37.1. The quantitative estimate of drug-likeness (QED) is 0.123. The van der Waals surface area contributed by atoms with Gasteiger partial charge in [0.25, 0.3) is 0 Å². The van der Waals surface area contributed by atoms with Crippen molar-refractivity contribution in [3.63, 3.8) is 0 Å². The van der Waals surface area contributed by atoms with Crippen LogP contribution in [0.2, 0.25) is 0 Å². The maximum Gasteiger partial charge on any atom is 0.465 e. The van der Waals surface area contributed by atoms with Gasteiger partial charge in [0.1, 0.15) is 16.0 Å². The van der Waals surface area contributed by atoms with Crippen molar-refractivity contribution in [1.29, 1.82) is 0 Å². The lowest BCUT2D eigenvalue weighted by Gasteiger charge is -2.30. The van der Waals surface area contributed by atoms with Crippen LogP contribution in [0, 0.1) is 0 Å². The van der Waals surface area contributed by atoms with E-state index in [0.29, 0.717) is 205 Å². The molecule has 4 saturated heterocycles. The summed E-state index contributed by atoms with van der Waals surface area (Å²) in [4.78, 5) is 0. The molecule has 4 aliphatic rings. The summed E-state index contributed by atoms with van der Waals surface area (Å²) in [5.41, 5.74) is 0. The molecule has 0 aromatic carbocycles. The second kappa shape index (κ2) is 43.4. The molecule has 20 nitrogen and oxygen atoms in total. The van der Waals surface area contributed by atoms with Gasteiger partial charge in [0.15, 0.2) is 0 Å². The van der Waals surface area contributed by atoms with E-state index in [2.05, 4.69) is 41.1 Å². The minimum absolute atomic E-state index is 0.188. The third-order valence-electron chi connectivity index (χ3n) is 8.63. The Kier molecular flexibility index (Phi) is 41.6. The van der Waals surface area contributed by atoms with Crippen LogP contribution in [0.5, 0.6) is 0 Å². The molecule has 0 aliphatic carbocycles. The highest BCUT2D eigenvalue weighted by Gasteiger charge is 2.10. The standard InChI is InChI=1S/2C12H24O6.2B4H16N4/c2*1-2-14-5-6-16-9-10-18-12-11-17-8-7-15-4-3-13-1;2*1-5-4-7-2-6-3-8-4/h2*1-12H2;2*4H,2-3,5-8H2,1H3. The minimum Gasteiger partial charge on any atom is -0.646 e. The molecule has 52 heavy (non-hydrogen) atoms. The molecule has 4 aliphatic heterocycles. The van der Waals surface area contributed by atoms with Crippen LogP contribution in [0.15, 0.2) is 0 Å². The van der Waals surface area contributed by atoms with Gasteiger partial charge in [-0.05, 0) is 0 Å². The molecule has 0 spiro atoms. The Labute approximate surface area is 316 Å². The van der Waals surface area contributed by atoms with E-state index >= 15 is 0 Å². The molecule has 0 amide bonds. The molecule has 0 saturated carbocycles. The summed E-state index contributed by atoms with van der Waals surface area (Å²) in [6.45, 7) is 14.1. The highest BCUT2D eigenvalue weighted by Crippen LogP contribution is 1.88. The highest BCUT2D eigenvalue weighted by molar-refractivity contribution is 6.47. The van der Waals surface area contributed by atoms with Crippen LogP contribution < -0.4 is 41.1 Å². The average Bonchev–Trinajstić information content (AvgIpc) is 3.19. The lowest BCUT2D eigenvalue weighted by Crippen LogP contribution is -3.44. The van der Waals surface area contributed by atoms with E-state index in [1.807, 2.05) is 0 Å². The molecular formula is C24H80B8N8O12. The van der Waals surface area contributed by atoms with E-state index in [0.717, 1.165) is 0 Å². The SMILES string of the molecule is C1COCCOCCOCCOCCOCCO1.C1COCCOCCOCCOCCOCCO1.[BH3-][NH2+][BH-]1[NH2+][BH2-][NH2+][BH2-][NH2+]1.[BH3-][NH2+][BH-]1[NH2+][BH2-][NH2+][BH2-][NH2+]1. The normalized spacial score (nSPS) is 23.9. The second-order valence-corrected chi connectivity index (χ2v) is 12.9. The van der Waals surface area contributed by atoms with Crippen LogP contribution in [0.25, 0.3) is 0 Å². The lowest BCUT2D eigenvalue weighted by atomic mass is 9.74.